The number of hydrogen-bond donors (Lipinski definition) is 0. The van der Waals surface area contributed by atoms with Crippen LogP contribution in [-0.2, 0) is 24.9 Å². The second-order valence-electron chi connectivity index (χ2n) is 9.09. The lowest BCUT2D eigenvalue weighted by atomic mass is 9.92. The molecule has 150 valence electrons. The summed E-state index contributed by atoms with van der Waals surface area (Å²) in [4.78, 5) is 26.3. The molecule has 1 unspecified atom stereocenters. The molecule has 1 saturated heterocycles. The third-order valence-electron chi connectivity index (χ3n) is 5.84. The van der Waals surface area contributed by atoms with Crippen LogP contribution in [0.3, 0.4) is 0 Å². The maximum atomic E-state index is 12.5. The summed E-state index contributed by atoms with van der Waals surface area (Å²) in [5, 5.41) is 4.67. The van der Waals surface area contributed by atoms with Crippen molar-refractivity contribution in [2.45, 2.75) is 64.6 Å². The highest BCUT2D eigenvalue weighted by molar-refractivity contribution is 5.51. The second-order valence-corrected chi connectivity index (χ2v) is 9.09. The minimum Gasteiger partial charge on any atom is -0.351 e. The molecule has 1 fully saturated rings. The summed E-state index contributed by atoms with van der Waals surface area (Å²) < 4.78 is 1.64. The molecular formula is C21H30N6O. The Morgan fingerprint density at radius 3 is 2.79 bits per heavy atom. The van der Waals surface area contributed by atoms with Crippen LogP contribution >= 0.6 is 0 Å². The molecule has 2 aliphatic heterocycles. The molecule has 4 heterocycles. The molecule has 0 aliphatic carbocycles. The number of likely N-dealkylation sites (N-methyl/N-ethyl adjacent to an activating group) is 1. The van der Waals surface area contributed by atoms with E-state index in [9.17, 15) is 4.79 Å². The van der Waals surface area contributed by atoms with Crippen LogP contribution in [0.4, 0.5) is 5.82 Å². The minimum atomic E-state index is -0.0822. The first-order chi connectivity index (χ1) is 13.3. The number of nitrogens with zero attached hydrogens (tertiary/aromatic N) is 6. The number of aromatic nitrogens is 4. The first-order valence-corrected chi connectivity index (χ1v) is 10.2. The van der Waals surface area contributed by atoms with Gasteiger partial charge < -0.3 is 9.80 Å². The Morgan fingerprint density at radius 1 is 1.18 bits per heavy atom. The van der Waals surface area contributed by atoms with Crippen molar-refractivity contribution in [2.75, 3.05) is 25.0 Å². The van der Waals surface area contributed by atoms with Crippen molar-refractivity contribution >= 4 is 5.82 Å². The van der Waals surface area contributed by atoms with Gasteiger partial charge in [-0.3, -0.25) is 4.79 Å². The van der Waals surface area contributed by atoms with Gasteiger partial charge in [0.1, 0.15) is 12.1 Å². The SMILES string of the molecule is CN1CCc2ncnc(N3CCCC3Cn3nc(C(C)(C)C)ccc3=O)c2C1. The zero-order valence-electron chi connectivity index (χ0n) is 17.4. The highest BCUT2D eigenvalue weighted by Crippen LogP contribution is 2.31. The molecule has 0 bridgehead atoms. The largest absolute Gasteiger partial charge is 0.351 e. The standard InChI is InChI=1S/C21H30N6O/c1-21(2,3)18-7-8-19(28)27(24-18)12-15-6-5-10-26(15)20-16-13-25(4)11-9-17(16)22-14-23-20/h7-8,14-15H,5-6,9-13H2,1-4H3. The minimum absolute atomic E-state index is 0.0377. The molecule has 0 aromatic carbocycles. The van der Waals surface area contributed by atoms with Crippen LogP contribution in [0.2, 0.25) is 0 Å². The Bertz CT molecular complexity index is 916. The van der Waals surface area contributed by atoms with Crippen LogP contribution in [0.1, 0.15) is 50.6 Å². The van der Waals surface area contributed by atoms with Gasteiger partial charge in [0, 0.05) is 43.1 Å². The van der Waals surface area contributed by atoms with Crippen molar-refractivity contribution in [1.29, 1.82) is 0 Å². The second kappa shape index (κ2) is 7.28. The van der Waals surface area contributed by atoms with Gasteiger partial charge in [-0.25, -0.2) is 14.6 Å². The fourth-order valence-corrected chi connectivity index (χ4v) is 4.19. The number of rotatable bonds is 3. The first-order valence-electron chi connectivity index (χ1n) is 10.2. The van der Waals surface area contributed by atoms with E-state index in [0.29, 0.717) is 6.54 Å². The summed E-state index contributed by atoms with van der Waals surface area (Å²) in [6.07, 6.45) is 4.81. The molecule has 1 atom stereocenters. The fourth-order valence-electron chi connectivity index (χ4n) is 4.19. The Morgan fingerprint density at radius 2 is 2.00 bits per heavy atom. The van der Waals surface area contributed by atoms with E-state index in [-0.39, 0.29) is 17.0 Å². The summed E-state index contributed by atoms with van der Waals surface area (Å²) in [6.45, 7) is 9.84. The van der Waals surface area contributed by atoms with Crippen LogP contribution in [0.25, 0.3) is 0 Å². The van der Waals surface area contributed by atoms with Crippen molar-refractivity contribution in [2.24, 2.45) is 0 Å². The summed E-state index contributed by atoms with van der Waals surface area (Å²) in [5.41, 5.74) is 3.23. The molecular weight excluding hydrogens is 352 g/mol. The predicted molar refractivity (Wildman–Crippen MR) is 110 cm³/mol. The molecule has 7 nitrogen and oxygen atoms in total. The third-order valence-corrected chi connectivity index (χ3v) is 5.84. The molecule has 7 heteroatoms. The lowest BCUT2D eigenvalue weighted by Gasteiger charge is -2.32. The van der Waals surface area contributed by atoms with E-state index >= 15 is 0 Å². The van der Waals surface area contributed by atoms with Crippen LogP contribution in [-0.4, -0.2) is 50.8 Å². The van der Waals surface area contributed by atoms with Crippen LogP contribution in [0, 0.1) is 0 Å². The fraction of sp³-hybridized carbons (Fsp3) is 0.619. The number of fused-ring (bicyclic) bond motifs is 1. The van der Waals surface area contributed by atoms with Crippen LogP contribution in [0.5, 0.6) is 0 Å². The quantitative estimate of drug-likeness (QED) is 0.809. The molecule has 0 spiro atoms. The number of anilines is 1. The lowest BCUT2D eigenvalue weighted by molar-refractivity contribution is 0.309. The Kier molecular flexibility index (Phi) is 4.95. The maximum absolute atomic E-state index is 12.5. The Balaban J connectivity index is 1.64. The number of hydrogen-bond acceptors (Lipinski definition) is 6. The molecule has 0 N–H and O–H groups in total. The monoisotopic (exact) mass is 382 g/mol. The van der Waals surface area contributed by atoms with E-state index in [4.69, 9.17) is 0 Å². The molecule has 0 radical (unpaired) electrons. The van der Waals surface area contributed by atoms with Gasteiger partial charge in [0.25, 0.3) is 5.56 Å². The molecule has 2 aromatic heterocycles. The molecule has 28 heavy (non-hydrogen) atoms. The maximum Gasteiger partial charge on any atom is 0.266 e. The van der Waals surface area contributed by atoms with Gasteiger partial charge in [-0.15, -0.1) is 0 Å². The third kappa shape index (κ3) is 3.68. The van der Waals surface area contributed by atoms with E-state index in [1.54, 1.807) is 17.1 Å². The van der Waals surface area contributed by atoms with Gasteiger partial charge in [0.2, 0.25) is 0 Å². The van der Waals surface area contributed by atoms with E-state index in [2.05, 4.69) is 52.7 Å². The van der Waals surface area contributed by atoms with Crippen molar-refractivity contribution < 1.29 is 0 Å². The van der Waals surface area contributed by atoms with E-state index < -0.39 is 0 Å². The average Bonchev–Trinajstić information content (AvgIpc) is 3.10. The van der Waals surface area contributed by atoms with Gasteiger partial charge in [-0.2, -0.15) is 5.10 Å². The lowest BCUT2D eigenvalue weighted by Crippen LogP contribution is -2.39. The highest BCUT2D eigenvalue weighted by atomic mass is 16.1. The van der Waals surface area contributed by atoms with Gasteiger partial charge in [0.05, 0.1) is 24.0 Å². The van der Waals surface area contributed by atoms with Crippen LogP contribution in [0.15, 0.2) is 23.3 Å². The van der Waals surface area contributed by atoms with Gasteiger partial charge in [0.15, 0.2) is 0 Å². The van der Waals surface area contributed by atoms with Crippen molar-refractivity contribution in [3.63, 3.8) is 0 Å². The zero-order chi connectivity index (χ0) is 19.9. The summed E-state index contributed by atoms with van der Waals surface area (Å²) in [7, 11) is 2.14. The molecule has 0 saturated carbocycles. The van der Waals surface area contributed by atoms with Gasteiger partial charge >= 0.3 is 0 Å². The topological polar surface area (TPSA) is 67.2 Å². The predicted octanol–water partition coefficient (Wildman–Crippen LogP) is 1.99. The van der Waals surface area contributed by atoms with E-state index in [1.165, 1.54) is 11.3 Å². The van der Waals surface area contributed by atoms with E-state index in [0.717, 1.165) is 50.4 Å². The van der Waals surface area contributed by atoms with Gasteiger partial charge in [-0.1, -0.05) is 20.8 Å². The zero-order valence-corrected chi connectivity index (χ0v) is 17.4. The van der Waals surface area contributed by atoms with E-state index in [1.807, 2.05) is 6.07 Å². The molecule has 2 aromatic rings. The normalized spacial score (nSPS) is 20.4. The summed E-state index contributed by atoms with van der Waals surface area (Å²) in [6, 6.07) is 3.72. The van der Waals surface area contributed by atoms with Crippen LogP contribution < -0.4 is 10.5 Å². The summed E-state index contributed by atoms with van der Waals surface area (Å²) in [5.74, 6) is 1.04. The molecule has 0 amide bonds. The molecule has 4 rings (SSSR count). The summed E-state index contributed by atoms with van der Waals surface area (Å²) >= 11 is 0. The van der Waals surface area contributed by atoms with Crippen molar-refractivity contribution in [3.8, 4) is 0 Å². The van der Waals surface area contributed by atoms with Crippen molar-refractivity contribution in [1.82, 2.24) is 24.6 Å². The Labute approximate surface area is 166 Å². The Hall–Kier alpha value is -2.28. The van der Waals surface area contributed by atoms with Crippen molar-refractivity contribution in [3.05, 3.63) is 45.8 Å². The van der Waals surface area contributed by atoms with Gasteiger partial charge in [-0.05, 0) is 26.0 Å². The highest BCUT2D eigenvalue weighted by Gasteiger charge is 2.31. The average molecular weight is 383 g/mol. The smallest absolute Gasteiger partial charge is 0.266 e. The first kappa shape index (κ1) is 19.1. The molecule has 2 aliphatic rings.